The Bertz CT molecular complexity index is 268. The van der Waals surface area contributed by atoms with Crippen molar-refractivity contribution in [1.82, 2.24) is 10.2 Å². The summed E-state index contributed by atoms with van der Waals surface area (Å²) in [5, 5.41) is 2.87. The Kier molecular flexibility index (Phi) is 0.957. The Morgan fingerprint density at radius 3 is 3.33 bits per heavy atom. The van der Waals surface area contributed by atoms with Crippen LogP contribution < -0.4 is 5.32 Å². The summed E-state index contributed by atoms with van der Waals surface area (Å²) in [7, 11) is 2.07. The fraction of sp³-hybridized carbons (Fsp3) is 0.875. The number of epoxide rings is 1. The van der Waals surface area contributed by atoms with Gasteiger partial charge >= 0.3 is 0 Å². The highest BCUT2D eigenvalue weighted by Crippen LogP contribution is 2.56. The van der Waals surface area contributed by atoms with Crippen molar-refractivity contribution in [1.29, 1.82) is 0 Å². The molecule has 3 aliphatic rings. The van der Waals surface area contributed by atoms with Gasteiger partial charge in [-0.2, -0.15) is 0 Å². The van der Waals surface area contributed by atoms with Gasteiger partial charge in [-0.05, 0) is 7.05 Å². The zero-order valence-electron chi connectivity index (χ0n) is 7.09. The molecule has 2 atom stereocenters. The number of amides is 1. The van der Waals surface area contributed by atoms with Crippen molar-refractivity contribution in [2.45, 2.75) is 17.6 Å². The van der Waals surface area contributed by atoms with E-state index in [2.05, 4.69) is 17.3 Å². The van der Waals surface area contributed by atoms with Crippen LogP contribution in [0, 0.1) is 0 Å². The molecule has 0 saturated carbocycles. The predicted molar refractivity (Wildman–Crippen MR) is 41.7 cm³/mol. The van der Waals surface area contributed by atoms with Crippen molar-refractivity contribution in [3.8, 4) is 0 Å². The van der Waals surface area contributed by atoms with Gasteiger partial charge in [0.2, 0.25) is 0 Å². The summed E-state index contributed by atoms with van der Waals surface area (Å²) >= 11 is 0. The second-order valence-electron chi connectivity index (χ2n) is 4.09. The van der Waals surface area contributed by atoms with Gasteiger partial charge in [-0.3, -0.25) is 4.79 Å². The van der Waals surface area contributed by atoms with Gasteiger partial charge in [0, 0.05) is 19.5 Å². The molecule has 0 spiro atoms. The molecule has 3 aliphatic heterocycles. The van der Waals surface area contributed by atoms with Crippen molar-refractivity contribution < 1.29 is 9.53 Å². The van der Waals surface area contributed by atoms with E-state index >= 15 is 0 Å². The number of likely N-dealkylation sites (N-methyl/N-ethyl adjacent to an activating group) is 1. The zero-order chi connectivity index (χ0) is 8.40. The predicted octanol–water partition coefficient (Wildman–Crippen LogP) is -1.04. The van der Waals surface area contributed by atoms with Crippen LogP contribution in [-0.4, -0.2) is 48.7 Å². The molecule has 0 bridgehead atoms. The quantitative estimate of drug-likeness (QED) is 0.470. The monoisotopic (exact) mass is 168 g/mol. The first kappa shape index (κ1) is 6.86. The van der Waals surface area contributed by atoms with Crippen LogP contribution in [0.4, 0.5) is 0 Å². The molecule has 3 rings (SSSR count). The first-order valence-corrected chi connectivity index (χ1v) is 4.36. The summed E-state index contributed by atoms with van der Waals surface area (Å²) in [6, 6.07) is 0. The molecule has 0 unspecified atom stereocenters. The molecular weight excluding hydrogens is 156 g/mol. The van der Waals surface area contributed by atoms with Gasteiger partial charge in [-0.25, -0.2) is 0 Å². The largest absolute Gasteiger partial charge is 0.350 e. The molecule has 12 heavy (non-hydrogen) atoms. The van der Waals surface area contributed by atoms with E-state index < -0.39 is 5.60 Å². The van der Waals surface area contributed by atoms with Gasteiger partial charge in [0.25, 0.3) is 5.91 Å². The molecule has 3 heterocycles. The fourth-order valence-corrected chi connectivity index (χ4v) is 2.58. The molecule has 66 valence electrons. The molecular formula is C8H12N2O2. The van der Waals surface area contributed by atoms with Crippen LogP contribution in [0.1, 0.15) is 6.42 Å². The molecule has 4 nitrogen and oxygen atoms in total. The summed E-state index contributed by atoms with van der Waals surface area (Å²) in [4.78, 5) is 13.6. The number of carbonyl (C=O) groups is 1. The lowest BCUT2D eigenvalue weighted by Crippen LogP contribution is -2.45. The molecule has 1 amide bonds. The van der Waals surface area contributed by atoms with E-state index in [1.54, 1.807) is 0 Å². The second kappa shape index (κ2) is 1.67. The maximum absolute atomic E-state index is 11.4. The Hall–Kier alpha value is -0.610. The summed E-state index contributed by atoms with van der Waals surface area (Å²) in [5.41, 5.74) is -0.573. The third-order valence-corrected chi connectivity index (χ3v) is 3.34. The SMILES string of the molecule is CN1CC[C@@]23O[C@@]2(CNC3=O)C1. The third kappa shape index (κ3) is 0.528. The fourth-order valence-electron chi connectivity index (χ4n) is 2.58. The molecule has 1 N–H and O–H groups in total. The van der Waals surface area contributed by atoms with Crippen LogP contribution in [0.15, 0.2) is 0 Å². The molecule has 3 saturated heterocycles. The molecule has 0 aromatic carbocycles. The van der Waals surface area contributed by atoms with Gasteiger partial charge in [-0.1, -0.05) is 0 Å². The van der Waals surface area contributed by atoms with Crippen LogP contribution >= 0.6 is 0 Å². The van der Waals surface area contributed by atoms with E-state index in [0.29, 0.717) is 6.54 Å². The van der Waals surface area contributed by atoms with Gasteiger partial charge < -0.3 is 15.0 Å². The van der Waals surface area contributed by atoms with Gasteiger partial charge in [0.05, 0.1) is 6.54 Å². The summed E-state index contributed by atoms with van der Waals surface area (Å²) in [6.45, 7) is 2.57. The summed E-state index contributed by atoms with van der Waals surface area (Å²) in [6.07, 6.45) is 0.856. The maximum Gasteiger partial charge on any atom is 0.255 e. The number of rotatable bonds is 0. The molecule has 0 radical (unpaired) electrons. The molecule has 0 aromatic rings. The van der Waals surface area contributed by atoms with Gasteiger partial charge in [-0.15, -0.1) is 0 Å². The van der Waals surface area contributed by atoms with E-state index in [0.717, 1.165) is 19.5 Å². The minimum Gasteiger partial charge on any atom is -0.350 e. The van der Waals surface area contributed by atoms with Crippen LogP contribution in [-0.2, 0) is 9.53 Å². The maximum atomic E-state index is 11.4. The number of piperidine rings is 1. The average Bonchev–Trinajstić information content (AvgIpc) is 2.63. The number of ether oxygens (including phenoxy) is 1. The van der Waals surface area contributed by atoms with Crippen LogP contribution in [0.5, 0.6) is 0 Å². The number of likely N-dealkylation sites (tertiary alicyclic amines) is 1. The van der Waals surface area contributed by atoms with E-state index in [1.165, 1.54) is 0 Å². The third-order valence-electron chi connectivity index (χ3n) is 3.34. The Morgan fingerprint density at radius 1 is 1.67 bits per heavy atom. The minimum atomic E-state index is -0.417. The van der Waals surface area contributed by atoms with Crippen molar-refractivity contribution in [2.75, 3.05) is 26.7 Å². The van der Waals surface area contributed by atoms with Gasteiger partial charge in [0.15, 0.2) is 5.60 Å². The Balaban J connectivity index is 1.96. The highest BCUT2D eigenvalue weighted by atomic mass is 16.6. The van der Waals surface area contributed by atoms with Gasteiger partial charge in [0.1, 0.15) is 5.60 Å². The molecule has 3 fully saturated rings. The number of nitrogens with one attached hydrogen (secondary N) is 1. The first-order valence-electron chi connectivity index (χ1n) is 4.36. The number of hydrogen-bond donors (Lipinski definition) is 1. The second-order valence-corrected chi connectivity index (χ2v) is 4.09. The first-order chi connectivity index (χ1) is 5.69. The standard InChI is InChI=1S/C8H12N2O2/c1-10-3-2-8-6(11)9-4-7(8,5-10)12-8/h2-5H2,1H3,(H,9,11)/t7-,8-/m0/s1. The Labute approximate surface area is 70.9 Å². The van der Waals surface area contributed by atoms with Crippen LogP contribution in [0.25, 0.3) is 0 Å². The van der Waals surface area contributed by atoms with Crippen molar-refractivity contribution in [3.05, 3.63) is 0 Å². The van der Waals surface area contributed by atoms with E-state index in [4.69, 9.17) is 4.74 Å². The van der Waals surface area contributed by atoms with E-state index in [9.17, 15) is 4.79 Å². The average molecular weight is 168 g/mol. The van der Waals surface area contributed by atoms with Crippen molar-refractivity contribution >= 4 is 5.91 Å². The lowest BCUT2D eigenvalue weighted by Gasteiger charge is -2.25. The molecule has 0 aromatic heterocycles. The Morgan fingerprint density at radius 2 is 2.50 bits per heavy atom. The van der Waals surface area contributed by atoms with E-state index in [1.807, 2.05) is 0 Å². The highest BCUT2D eigenvalue weighted by molar-refractivity contribution is 5.93. The summed E-state index contributed by atoms with van der Waals surface area (Å²) in [5.74, 6) is 0.107. The number of hydrogen-bond acceptors (Lipinski definition) is 3. The van der Waals surface area contributed by atoms with E-state index in [-0.39, 0.29) is 11.5 Å². The summed E-state index contributed by atoms with van der Waals surface area (Å²) < 4.78 is 5.62. The normalized spacial score (nSPS) is 51.2. The number of nitrogens with zero attached hydrogens (tertiary/aromatic N) is 1. The highest BCUT2D eigenvalue weighted by Gasteiger charge is 2.79. The number of morpholine rings is 1. The lowest BCUT2D eigenvalue weighted by atomic mass is 9.88. The van der Waals surface area contributed by atoms with Crippen LogP contribution in [0.2, 0.25) is 0 Å². The molecule has 0 aliphatic carbocycles. The smallest absolute Gasteiger partial charge is 0.255 e. The number of carbonyl (C=O) groups excluding carboxylic acids is 1. The van der Waals surface area contributed by atoms with Crippen molar-refractivity contribution in [2.24, 2.45) is 0 Å². The lowest BCUT2D eigenvalue weighted by molar-refractivity contribution is -0.125. The van der Waals surface area contributed by atoms with Crippen molar-refractivity contribution in [3.63, 3.8) is 0 Å². The zero-order valence-corrected chi connectivity index (χ0v) is 7.09. The van der Waals surface area contributed by atoms with Crippen LogP contribution in [0.3, 0.4) is 0 Å². The molecule has 4 heteroatoms. The minimum absolute atomic E-state index is 0.107. The topological polar surface area (TPSA) is 44.9 Å².